The van der Waals surface area contributed by atoms with E-state index < -0.39 is 18.0 Å². The number of carbonyl (C=O) groups is 2. The van der Waals surface area contributed by atoms with Crippen molar-refractivity contribution in [2.75, 3.05) is 0 Å². The molecule has 1 N–H and O–H groups in total. The van der Waals surface area contributed by atoms with Gasteiger partial charge in [0.15, 0.2) is 6.10 Å². The van der Waals surface area contributed by atoms with Crippen molar-refractivity contribution in [1.82, 2.24) is 0 Å². The third-order valence-electron chi connectivity index (χ3n) is 1.26. The van der Waals surface area contributed by atoms with Gasteiger partial charge >= 0.3 is 6.16 Å². The SMILES string of the molecule is CCCC(OC(=O)O)C(=O)C#CI. The van der Waals surface area contributed by atoms with Crippen molar-refractivity contribution in [3.8, 4) is 9.85 Å². The molecule has 0 aromatic heterocycles. The van der Waals surface area contributed by atoms with Crippen molar-refractivity contribution in [3.05, 3.63) is 0 Å². The summed E-state index contributed by atoms with van der Waals surface area (Å²) in [5.41, 5.74) is 0. The molecule has 0 bridgehead atoms. The Labute approximate surface area is 89.8 Å². The maximum Gasteiger partial charge on any atom is 0.506 e. The van der Waals surface area contributed by atoms with E-state index in [1.165, 1.54) is 0 Å². The van der Waals surface area contributed by atoms with Crippen LogP contribution in [-0.4, -0.2) is 23.1 Å². The summed E-state index contributed by atoms with van der Waals surface area (Å²) >= 11 is 1.71. The van der Waals surface area contributed by atoms with E-state index in [0.717, 1.165) is 0 Å². The van der Waals surface area contributed by atoms with Crippen LogP contribution in [0.15, 0.2) is 0 Å². The molecule has 72 valence electrons. The summed E-state index contributed by atoms with van der Waals surface area (Å²) in [5.74, 6) is 1.76. The molecule has 0 fully saturated rings. The Bertz CT molecular complexity index is 251. The van der Waals surface area contributed by atoms with Gasteiger partial charge in [0.25, 0.3) is 0 Å². The second-order valence-electron chi connectivity index (χ2n) is 2.24. The van der Waals surface area contributed by atoms with Crippen LogP contribution in [0.3, 0.4) is 0 Å². The predicted molar refractivity (Wildman–Crippen MR) is 54.6 cm³/mol. The van der Waals surface area contributed by atoms with E-state index in [-0.39, 0.29) is 0 Å². The lowest BCUT2D eigenvalue weighted by Crippen LogP contribution is -2.25. The Kier molecular flexibility index (Phi) is 6.32. The number of hydrogen-bond acceptors (Lipinski definition) is 3. The maximum atomic E-state index is 11.1. The number of ether oxygens (including phenoxy) is 1. The summed E-state index contributed by atoms with van der Waals surface area (Å²) in [7, 11) is 0. The molecule has 1 unspecified atom stereocenters. The molecule has 0 saturated carbocycles. The minimum Gasteiger partial charge on any atom is -0.450 e. The van der Waals surface area contributed by atoms with Crippen molar-refractivity contribution in [1.29, 1.82) is 0 Å². The fourth-order valence-corrected chi connectivity index (χ4v) is 1.02. The first-order chi connectivity index (χ1) is 6.11. The zero-order chi connectivity index (χ0) is 10.3. The molecule has 0 radical (unpaired) electrons. The predicted octanol–water partition coefficient (Wildman–Crippen LogP) is 1.81. The molecule has 0 amide bonds. The second-order valence-corrected chi connectivity index (χ2v) is 2.78. The van der Waals surface area contributed by atoms with Crippen LogP contribution in [0, 0.1) is 9.85 Å². The highest BCUT2D eigenvalue weighted by molar-refractivity contribution is 14.1. The smallest absolute Gasteiger partial charge is 0.450 e. The molecule has 5 heteroatoms. The molecular weight excluding hydrogens is 287 g/mol. The molecule has 0 aliphatic carbocycles. The van der Waals surface area contributed by atoms with E-state index in [4.69, 9.17) is 5.11 Å². The van der Waals surface area contributed by atoms with Crippen LogP contribution in [0.25, 0.3) is 0 Å². The van der Waals surface area contributed by atoms with Crippen molar-refractivity contribution in [2.24, 2.45) is 0 Å². The highest BCUT2D eigenvalue weighted by atomic mass is 127. The number of carboxylic acid groups (broad SMARTS) is 1. The van der Waals surface area contributed by atoms with Crippen LogP contribution in [0.5, 0.6) is 0 Å². The minimum atomic E-state index is -1.44. The van der Waals surface area contributed by atoms with Gasteiger partial charge < -0.3 is 9.84 Å². The van der Waals surface area contributed by atoms with Crippen molar-refractivity contribution < 1.29 is 19.4 Å². The van der Waals surface area contributed by atoms with E-state index >= 15 is 0 Å². The third kappa shape index (κ3) is 5.47. The minimum absolute atomic E-state index is 0.371. The number of hydrogen-bond donors (Lipinski definition) is 1. The molecule has 4 nitrogen and oxygen atoms in total. The molecule has 0 aliphatic rings. The molecule has 0 aromatic carbocycles. The molecule has 0 spiro atoms. The van der Waals surface area contributed by atoms with Crippen molar-refractivity contribution in [2.45, 2.75) is 25.9 Å². The molecule has 0 saturated heterocycles. The van der Waals surface area contributed by atoms with Crippen LogP contribution in [0.4, 0.5) is 4.79 Å². The van der Waals surface area contributed by atoms with Crippen LogP contribution >= 0.6 is 22.6 Å². The molecular formula is C8H9IO4. The van der Waals surface area contributed by atoms with E-state index in [9.17, 15) is 9.59 Å². The van der Waals surface area contributed by atoms with Gasteiger partial charge in [-0.25, -0.2) is 4.79 Å². The van der Waals surface area contributed by atoms with Gasteiger partial charge in [-0.15, -0.1) is 0 Å². The van der Waals surface area contributed by atoms with Gasteiger partial charge in [0.2, 0.25) is 5.78 Å². The molecule has 0 rings (SSSR count). The summed E-state index contributed by atoms with van der Waals surface area (Å²) in [6.45, 7) is 1.84. The summed E-state index contributed by atoms with van der Waals surface area (Å²) in [5, 5.41) is 8.30. The topological polar surface area (TPSA) is 63.6 Å². The lowest BCUT2D eigenvalue weighted by molar-refractivity contribution is -0.122. The Morgan fingerprint density at radius 1 is 1.62 bits per heavy atom. The third-order valence-corrected chi connectivity index (χ3v) is 1.53. The standard InChI is InChI=1S/C8H9IO4/c1-2-3-7(13-8(11)12)6(10)4-5-9/h7H,2-3H2,1H3,(H,11,12). The number of rotatable bonds is 4. The Morgan fingerprint density at radius 2 is 2.23 bits per heavy atom. The monoisotopic (exact) mass is 296 g/mol. The molecule has 13 heavy (non-hydrogen) atoms. The van der Waals surface area contributed by atoms with Gasteiger partial charge in [0.1, 0.15) is 0 Å². The lowest BCUT2D eigenvalue weighted by atomic mass is 10.1. The average molecular weight is 296 g/mol. The van der Waals surface area contributed by atoms with Crippen LogP contribution in [-0.2, 0) is 9.53 Å². The number of carbonyl (C=O) groups excluding carboxylic acids is 1. The summed E-state index contributed by atoms with van der Waals surface area (Å²) in [4.78, 5) is 21.3. The van der Waals surface area contributed by atoms with Crippen LogP contribution < -0.4 is 0 Å². The number of Topliss-reactive ketones (excluding diaryl/α,β-unsaturated/α-hetero) is 1. The normalized spacial score (nSPS) is 10.9. The van der Waals surface area contributed by atoms with E-state index in [2.05, 4.69) is 14.6 Å². The van der Waals surface area contributed by atoms with Gasteiger partial charge in [-0.05, 0) is 16.3 Å². The van der Waals surface area contributed by atoms with Crippen LogP contribution in [0.1, 0.15) is 19.8 Å². The van der Waals surface area contributed by atoms with Gasteiger partial charge in [-0.3, -0.25) is 4.79 Å². The highest BCUT2D eigenvalue weighted by Crippen LogP contribution is 2.03. The number of ketones is 1. The lowest BCUT2D eigenvalue weighted by Gasteiger charge is -2.09. The largest absolute Gasteiger partial charge is 0.506 e. The van der Waals surface area contributed by atoms with Gasteiger partial charge in [-0.2, -0.15) is 0 Å². The summed E-state index contributed by atoms with van der Waals surface area (Å²) in [6, 6.07) is 0. The molecule has 0 heterocycles. The van der Waals surface area contributed by atoms with Gasteiger partial charge in [-0.1, -0.05) is 13.3 Å². The van der Waals surface area contributed by atoms with Crippen molar-refractivity contribution >= 4 is 34.5 Å². The summed E-state index contributed by atoms with van der Waals surface area (Å²) in [6.07, 6.45) is -1.34. The first kappa shape index (κ1) is 12.2. The highest BCUT2D eigenvalue weighted by Gasteiger charge is 2.19. The maximum absolute atomic E-state index is 11.1. The molecule has 0 aromatic rings. The average Bonchev–Trinajstić information content (AvgIpc) is 2.03. The van der Waals surface area contributed by atoms with E-state index in [1.54, 1.807) is 22.6 Å². The first-order valence-corrected chi connectivity index (χ1v) is 4.74. The van der Waals surface area contributed by atoms with Crippen LogP contribution in [0.2, 0.25) is 0 Å². The zero-order valence-electron chi connectivity index (χ0n) is 7.04. The molecule has 0 aliphatic heterocycles. The summed E-state index contributed by atoms with van der Waals surface area (Å²) < 4.78 is 6.74. The second kappa shape index (κ2) is 6.71. The van der Waals surface area contributed by atoms with E-state index in [0.29, 0.717) is 12.8 Å². The fraction of sp³-hybridized carbons (Fsp3) is 0.500. The van der Waals surface area contributed by atoms with Crippen molar-refractivity contribution in [3.63, 3.8) is 0 Å². The fourth-order valence-electron chi connectivity index (χ4n) is 0.754. The Morgan fingerprint density at radius 3 is 2.62 bits per heavy atom. The quantitative estimate of drug-likeness (QED) is 0.488. The van der Waals surface area contributed by atoms with E-state index in [1.807, 2.05) is 6.92 Å². The Hall–Kier alpha value is -0.770. The zero-order valence-corrected chi connectivity index (χ0v) is 9.20. The number of halogens is 1. The molecule has 1 atom stereocenters. The van der Waals surface area contributed by atoms with Gasteiger partial charge in [0.05, 0.1) is 0 Å². The first-order valence-electron chi connectivity index (χ1n) is 3.66. The Balaban J connectivity index is 4.28. The van der Waals surface area contributed by atoms with Gasteiger partial charge in [0, 0.05) is 22.6 Å².